The number of primary amides is 1. The zero-order chi connectivity index (χ0) is 14.0. The Kier molecular flexibility index (Phi) is 3.64. The van der Waals surface area contributed by atoms with Gasteiger partial charge in [0.05, 0.1) is 6.10 Å². The molecule has 6 nitrogen and oxygen atoms in total. The molecule has 6 heteroatoms. The molecular weight excluding hydrogens is 244 g/mol. The molecule has 2 heterocycles. The number of pyridine rings is 1. The predicted octanol–water partition coefficient (Wildman–Crippen LogP) is 0.596. The minimum absolute atomic E-state index is 0.115. The van der Waals surface area contributed by atoms with Crippen LogP contribution in [-0.2, 0) is 0 Å². The number of carbonyl (C=O) groups is 1. The topological polar surface area (TPSA) is 105 Å². The fourth-order valence-electron chi connectivity index (χ4n) is 1.88. The quantitative estimate of drug-likeness (QED) is 0.839. The van der Waals surface area contributed by atoms with E-state index in [1.807, 2.05) is 6.92 Å². The van der Waals surface area contributed by atoms with Crippen LogP contribution in [0.15, 0.2) is 30.5 Å². The van der Waals surface area contributed by atoms with E-state index in [1.54, 1.807) is 28.8 Å². The van der Waals surface area contributed by atoms with Crippen LogP contribution in [-0.4, -0.2) is 27.1 Å². The number of nitrogens with zero attached hydrogens (tertiary/aromatic N) is 2. The summed E-state index contributed by atoms with van der Waals surface area (Å²) in [4.78, 5) is 15.5. The molecule has 19 heavy (non-hydrogen) atoms. The van der Waals surface area contributed by atoms with Gasteiger partial charge in [-0.25, -0.2) is 4.98 Å². The molecule has 0 saturated carbocycles. The van der Waals surface area contributed by atoms with Crippen LogP contribution in [0.5, 0.6) is 0 Å². The number of hydrogen-bond acceptors (Lipinski definition) is 3. The Morgan fingerprint density at radius 2 is 2.21 bits per heavy atom. The average molecular weight is 259 g/mol. The lowest BCUT2D eigenvalue weighted by Gasteiger charge is -2.11. The summed E-state index contributed by atoms with van der Waals surface area (Å²) in [6, 6.07) is 6.81. The first kappa shape index (κ1) is 13.3. The van der Waals surface area contributed by atoms with E-state index < -0.39 is 12.0 Å². The lowest BCUT2D eigenvalue weighted by Crippen LogP contribution is -2.17. The third-order valence-corrected chi connectivity index (χ3v) is 2.91. The molecule has 0 saturated heterocycles. The third-order valence-electron chi connectivity index (χ3n) is 2.91. The number of aliphatic hydroxyl groups is 1. The van der Waals surface area contributed by atoms with E-state index in [0.717, 1.165) is 5.69 Å². The van der Waals surface area contributed by atoms with Crippen molar-refractivity contribution in [3.63, 3.8) is 0 Å². The number of aryl methyl sites for hydroxylation is 1. The van der Waals surface area contributed by atoms with Gasteiger partial charge in [0.15, 0.2) is 0 Å². The van der Waals surface area contributed by atoms with Crippen molar-refractivity contribution < 1.29 is 9.90 Å². The van der Waals surface area contributed by atoms with Gasteiger partial charge in [0.2, 0.25) is 0 Å². The van der Waals surface area contributed by atoms with Crippen LogP contribution in [0.2, 0.25) is 0 Å². The molecule has 0 aliphatic rings. The lowest BCUT2D eigenvalue weighted by molar-refractivity contribution is 0.0993. The first-order valence-electron chi connectivity index (χ1n) is 5.81. The first-order valence-corrected chi connectivity index (χ1v) is 5.81. The summed E-state index contributed by atoms with van der Waals surface area (Å²) in [6.07, 6.45) is 0.654. The maximum atomic E-state index is 11.3. The summed E-state index contributed by atoms with van der Waals surface area (Å²) in [6.45, 7) is 1.73. The van der Waals surface area contributed by atoms with Crippen molar-refractivity contribution in [2.24, 2.45) is 5.73 Å². The molecule has 0 bridgehead atoms. The highest BCUT2D eigenvalue weighted by molar-refractivity contribution is 5.92. The molecule has 1 radical (unpaired) electrons. The highest BCUT2D eigenvalue weighted by Crippen LogP contribution is 2.17. The van der Waals surface area contributed by atoms with E-state index >= 15 is 0 Å². The van der Waals surface area contributed by atoms with Crippen molar-refractivity contribution in [3.05, 3.63) is 47.4 Å². The second kappa shape index (κ2) is 5.21. The third kappa shape index (κ3) is 2.49. The van der Waals surface area contributed by atoms with Gasteiger partial charge in [0, 0.05) is 24.0 Å². The Labute approximate surface area is 110 Å². The van der Waals surface area contributed by atoms with Crippen LogP contribution in [0.3, 0.4) is 0 Å². The zero-order valence-electron chi connectivity index (χ0n) is 10.5. The van der Waals surface area contributed by atoms with Gasteiger partial charge in [-0.15, -0.1) is 0 Å². The van der Waals surface area contributed by atoms with Crippen LogP contribution in [0, 0.1) is 6.92 Å². The molecule has 0 aliphatic heterocycles. The van der Waals surface area contributed by atoms with Gasteiger partial charge in [-0.05, 0) is 25.1 Å². The van der Waals surface area contributed by atoms with E-state index in [9.17, 15) is 9.90 Å². The second-order valence-corrected chi connectivity index (χ2v) is 4.23. The highest BCUT2D eigenvalue weighted by Gasteiger charge is 2.13. The highest BCUT2D eigenvalue weighted by atomic mass is 16.3. The Morgan fingerprint density at radius 3 is 2.74 bits per heavy atom. The van der Waals surface area contributed by atoms with Crippen molar-refractivity contribution in [2.75, 3.05) is 6.54 Å². The molecule has 2 aromatic heterocycles. The SMILES string of the molecule is Cc1ccc(C(N)=O)n1-c1ccc([C@@H](O)C[NH])cn1. The van der Waals surface area contributed by atoms with Gasteiger partial charge in [-0.2, -0.15) is 0 Å². The minimum atomic E-state index is -0.845. The van der Waals surface area contributed by atoms with Crippen LogP contribution >= 0.6 is 0 Å². The summed E-state index contributed by atoms with van der Waals surface area (Å²) in [5, 5.41) is 9.54. The molecule has 1 amide bonds. The molecule has 0 aliphatic carbocycles. The largest absolute Gasteiger partial charge is 0.387 e. The minimum Gasteiger partial charge on any atom is -0.387 e. The number of nitrogens with two attached hydrogens (primary N) is 1. The molecule has 2 aromatic rings. The smallest absolute Gasteiger partial charge is 0.265 e. The summed E-state index contributed by atoms with van der Waals surface area (Å²) in [7, 11) is 0. The van der Waals surface area contributed by atoms with Crippen molar-refractivity contribution in [2.45, 2.75) is 13.0 Å². The van der Waals surface area contributed by atoms with E-state index in [2.05, 4.69) is 4.98 Å². The number of rotatable bonds is 4. The Hall–Kier alpha value is -2.18. The van der Waals surface area contributed by atoms with Gasteiger partial charge in [-0.1, -0.05) is 6.07 Å². The summed E-state index contributed by atoms with van der Waals surface area (Å²) in [5.74, 6) is 0.0300. The number of amides is 1. The fraction of sp³-hybridized carbons (Fsp3) is 0.231. The number of hydrogen-bond donors (Lipinski definition) is 2. The first-order chi connectivity index (χ1) is 9.04. The molecule has 0 aromatic carbocycles. The van der Waals surface area contributed by atoms with Gasteiger partial charge < -0.3 is 10.8 Å². The number of nitrogens with one attached hydrogen (secondary N) is 1. The van der Waals surface area contributed by atoms with Crippen LogP contribution < -0.4 is 11.5 Å². The van der Waals surface area contributed by atoms with Gasteiger partial charge in [-0.3, -0.25) is 15.1 Å². The van der Waals surface area contributed by atoms with Gasteiger partial charge in [0.1, 0.15) is 11.5 Å². The average Bonchev–Trinajstić information content (AvgIpc) is 2.80. The molecule has 0 unspecified atom stereocenters. The normalized spacial score (nSPS) is 12.4. The van der Waals surface area contributed by atoms with Crippen molar-refractivity contribution in [1.82, 2.24) is 15.3 Å². The van der Waals surface area contributed by atoms with Gasteiger partial charge in [0.25, 0.3) is 5.91 Å². The molecule has 1 atom stereocenters. The number of carbonyl (C=O) groups excluding carboxylic acids is 1. The Bertz CT molecular complexity index is 589. The molecule has 0 fully saturated rings. The van der Waals surface area contributed by atoms with E-state index in [0.29, 0.717) is 17.1 Å². The number of aromatic nitrogens is 2. The van der Waals surface area contributed by atoms with E-state index in [4.69, 9.17) is 11.5 Å². The van der Waals surface area contributed by atoms with Gasteiger partial charge >= 0.3 is 0 Å². The maximum absolute atomic E-state index is 11.3. The van der Waals surface area contributed by atoms with Crippen molar-refractivity contribution in [3.8, 4) is 5.82 Å². The monoisotopic (exact) mass is 259 g/mol. The van der Waals surface area contributed by atoms with Crippen LogP contribution in [0.4, 0.5) is 0 Å². The lowest BCUT2D eigenvalue weighted by atomic mass is 10.1. The van der Waals surface area contributed by atoms with Crippen molar-refractivity contribution >= 4 is 5.91 Å². The number of aliphatic hydroxyl groups excluding tert-OH is 1. The molecule has 2 rings (SSSR count). The van der Waals surface area contributed by atoms with E-state index in [-0.39, 0.29) is 6.54 Å². The summed E-state index contributed by atoms with van der Waals surface area (Å²) < 4.78 is 1.65. The molecule has 99 valence electrons. The van der Waals surface area contributed by atoms with E-state index in [1.165, 1.54) is 6.20 Å². The molecule has 0 spiro atoms. The summed E-state index contributed by atoms with van der Waals surface area (Å²) >= 11 is 0. The standard InChI is InChI=1S/C13H15N4O2/c1-8-2-4-10(13(15)19)17(8)12-5-3-9(7-16-12)11(18)6-14/h2-5,7,11,14,18H,6H2,1H3,(H2,15,19)/t11-/m0/s1. The molecule has 4 N–H and O–H groups in total. The second-order valence-electron chi connectivity index (χ2n) is 4.23. The molecular formula is C13H15N4O2. The van der Waals surface area contributed by atoms with Crippen molar-refractivity contribution in [1.29, 1.82) is 0 Å². The maximum Gasteiger partial charge on any atom is 0.265 e. The van der Waals surface area contributed by atoms with Crippen LogP contribution in [0.1, 0.15) is 27.8 Å². The van der Waals surface area contributed by atoms with Crippen LogP contribution in [0.25, 0.3) is 5.82 Å². The summed E-state index contributed by atoms with van der Waals surface area (Å²) in [5.41, 5.74) is 14.2. The Balaban J connectivity index is 2.43. The predicted molar refractivity (Wildman–Crippen MR) is 69.7 cm³/mol. The Morgan fingerprint density at radius 1 is 1.47 bits per heavy atom. The fourth-order valence-corrected chi connectivity index (χ4v) is 1.88. The zero-order valence-corrected chi connectivity index (χ0v) is 10.5.